The largest absolute Gasteiger partial charge is 0.508 e. The lowest BCUT2D eigenvalue weighted by Crippen LogP contribution is -2.11. The Morgan fingerprint density at radius 3 is 2.73 bits per heavy atom. The van der Waals surface area contributed by atoms with E-state index in [1.807, 2.05) is 0 Å². The molecule has 0 saturated heterocycles. The van der Waals surface area contributed by atoms with Gasteiger partial charge in [-0.05, 0) is 31.2 Å². The van der Waals surface area contributed by atoms with Crippen molar-refractivity contribution in [2.24, 2.45) is 0 Å². The first-order valence-corrected chi connectivity index (χ1v) is 8.87. The summed E-state index contributed by atoms with van der Waals surface area (Å²) in [5.74, 6) is -0.199. The number of nitrogens with zero attached hydrogens (tertiary/aromatic N) is 3. The van der Waals surface area contributed by atoms with Gasteiger partial charge in [-0.2, -0.15) is 0 Å². The summed E-state index contributed by atoms with van der Waals surface area (Å²) in [4.78, 5) is 22.5. The molecule has 0 bridgehead atoms. The predicted octanol–water partition coefficient (Wildman–Crippen LogP) is 3.94. The molecular weight excluding hydrogens is 394 g/mol. The second kappa shape index (κ2) is 7.66. The van der Waals surface area contributed by atoms with Gasteiger partial charge in [0.15, 0.2) is 6.10 Å². The van der Waals surface area contributed by atoms with Gasteiger partial charge in [-0.15, -0.1) is 10.2 Å². The molecule has 30 heavy (non-hydrogen) atoms. The molecule has 2 heterocycles. The number of ether oxygens (including phenoxy) is 1. The molecule has 0 amide bonds. The molecular formula is C20H15N3O7. The van der Waals surface area contributed by atoms with Gasteiger partial charge in [-0.3, -0.25) is 14.9 Å². The van der Waals surface area contributed by atoms with Crippen LogP contribution in [0.5, 0.6) is 5.75 Å². The number of hydrogen-bond acceptors (Lipinski definition) is 9. The average molecular weight is 409 g/mol. The van der Waals surface area contributed by atoms with E-state index in [2.05, 4.69) is 10.2 Å². The number of phenols is 1. The van der Waals surface area contributed by atoms with E-state index in [0.717, 1.165) is 0 Å². The molecule has 2 aromatic heterocycles. The summed E-state index contributed by atoms with van der Waals surface area (Å²) in [5.41, 5.74) is 1.54. The number of benzene rings is 2. The number of carbonyl (C=O) groups is 1. The van der Waals surface area contributed by atoms with E-state index in [1.165, 1.54) is 42.7 Å². The Kier molecular flexibility index (Phi) is 4.88. The highest BCUT2D eigenvalue weighted by Gasteiger charge is 2.21. The molecule has 4 rings (SSSR count). The fraction of sp³-hybridized carbons (Fsp3) is 0.150. The molecule has 10 nitrogen and oxygen atoms in total. The van der Waals surface area contributed by atoms with Gasteiger partial charge in [-0.1, -0.05) is 0 Å². The molecule has 0 spiro atoms. The monoisotopic (exact) mass is 409 g/mol. The fourth-order valence-electron chi connectivity index (χ4n) is 2.89. The Labute approximate surface area is 168 Å². The summed E-state index contributed by atoms with van der Waals surface area (Å²) < 4.78 is 16.2. The van der Waals surface area contributed by atoms with Crippen LogP contribution in [0, 0.1) is 10.1 Å². The zero-order chi connectivity index (χ0) is 21.3. The molecule has 0 aliphatic carbocycles. The van der Waals surface area contributed by atoms with Gasteiger partial charge in [-0.25, -0.2) is 0 Å². The SMILES string of the molecule is C[C@H](OC(=O)Cc1coc2cc(O)ccc12)c1nnc(-c2ccc([N+](=O)[O-])cc2)o1. The van der Waals surface area contributed by atoms with E-state index in [4.69, 9.17) is 13.6 Å². The second-order valence-electron chi connectivity index (χ2n) is 6.50. The van der Waals surface area contributed by atoms with Gasteiger partial charge in [0.25, 0.3) is 11.6 Å². The first kappa shape index (κ1) is 19.1. The van der Waals surface area contributed by atoms with E-state index in [-0.39, 0.29) is 29.6 Å². The number of aromatic nitrogens is 2. The number of phenolic OH excluding ortho intramolecular Hbond substituents is 1. The lowest BCUT2D eigenvalue weighted by molar-refractivity contribution is -0.384. The number of hydrogen-bond donors (Lipinski definition) is 1. The molecule has 1 N–H and O–H groups in total. The molecule has 0 aliphatic heterocycles. The van der Waals surface area contributed by atoms with Crippen molar-refractivity contribution in [3.8, 4) is 17.2 Å². The second-order valence-corrected chi connectivity index (χ2v) is 6.50. The van der Waals surface area contributed by atoms with Gasteiger partial charge >= 0.3 is 5.97 Å². The Hall–Kier alpha value is -4.21. The van der Waals surface area contributed by atoms with Crippen molar-refractivity contribution in [1.82, 2.24) is 10.2 Å². The number of carbonyl (C=O) groups excluding carboxylic acids is 1. The van der Waals surface area contributed by atoms with Crippen LogP contribution >= 0.6 is 0 Å². The van der Waals surface area contributed by atoms with E-state index in [9.17, 15) is 20.0 Å². The summed E-state index contributed by atoms with van der Waals surface area (Å²) in [6.45, 7) is 1.59. The van der Waals surface area contributed by atoms with Gasteiger partial charge in [0, 0.05) is 34.7 Å². The Morgan fingerprint density at radius 2 is 2.00 bits per heavy atom. The quantitative estimate of drug-likeness (QED) is 0.284. The Bertz CT molecular complexity index is 1230. The van der Waals surface area contributed by atoms with E-state index >= 15 is 0 Å². The fourth-order valence-corrected chi connectivity index (χ4v) is 2.89. The Morgan fingerprint density at radius 1 is 1.23 bits per heavy atom. The molecule has 0 saturated carbocycles. The number of fused-ring (bicyclic) bond motifs is 1. The smallest absolute Gasteiger partial charge is 0.311 e. The summed E-state index contributed by atoms with van der Waals surface area (Å²) in [6.07, 6.45) is 0.611. The number of rotatable bonds is 6. The predicted molar refractivity (Wildman–Crippen MR) is 102 cm³/mol. The minimum atomic E-state index is -0.793. The maximum absolute atomic E-state index is 12.3. The highest BCUT2D eigenvalue weighted by Crippen LogP contribution is 2.27. The van der Waals surface area contributed by atoms with Crippen LogP contribution in [0.2, 0.25) is 0 Å². The summed E-state index contributed by atoms with van der Waals surface area (Å²) in [7, 11) is 0. The van der Waals surface area contributed by atoms with Crippen molar-refractivity contribution in [1.29, 1.82) is 0 Å². The van der Waals surface area contributed by atoms with Gasteiger partial charge in [0.1, 0.15) is 11.3 Å². The Balaban J connectivity index is 1.43. The zero-order valence-corrected chi connectivity index (χ0v) is 15.6. The van der Waals surface area contributed by atoms with E-state index in [1.54, 1.807) is 13.0 Å². The topological polar surface area (TPSA) is 142 Å². The normalized spacial score (nSPS) is 12.0. The molecule has 10 heteroatoms. The van der Waals surface area contributed by atoms with Crippen LogP contribution in [0.15, 0.2) is 57.6 Å². The van der Waals surface area contributed by atoms with E-state index < -0.39 is 17.0 Å². The lowest BCUT2D eigenvalue weighted by atomic mass is 10.1. The minimum absolute atomic E-state index is 0.0362. The number of nitro groups is 1. The van der Waals surface area contributed by atoms with Gasteiger partial charge in [0.2, 0.25) is 5.89 Å². The number of non-ortho nitro benzene ring substituents is 1. The van der Waals surface area contributed by atoms with Crippen LogP contribution in [0.4, 0.5) is 5.69 Å². The molecule has 0 radical (unpaired) electrons. The molecule has 2 aromatic carbocycles. The third-order valence-electron chi connectivity index (χ3n) is 4.40. The van der Waals surface area contributed by atoms with E-state index in [0.29, 0.717) is 22.1 Å². The van der Waals surface area contributed by atoms with Crippen LogP contribution in [-0.2, 0) is 16.0 Å². The van der Waals surface area contributed by atoms with Gasteiger partial charge < -0.3 is 18.7 Å². The van der Waals surface area contributed by atoms with Crippen molar-refractivity contribution in [3.63, 3.8) is 0 Å². The minimum Gasteiger partial charge on any atom is -0.508 e. The summed E-state index contributed by atoms with van der Waals surface area (Å²) >= 11 is 0. The number of nitro benzene ring substituents is 1. The van der Waals surface area contributed by atoms with Crippen LogP contribution in [0.1, 0.15) is 24.5 Å². The highest BCUT2D eigenvalue weighted by molar-refractivity contribution is 5.86. The number of aromatic hydroxyl groups is 1. The number of esters is 1. The van der Waals surface area contributed by atoms with Crippen molar-refractivity contribution in [3.05, 3.63) is 70.3 Å². The van der Waals surface area contributed by atoms with Crippen molar-refractivity contribution < 1.29 is 28.4 Å². The first-order valence-electron chi connectivity index (χ1n) is 8.87. The molecule has 0 fully saturated rings. The van der Waals surface area contributed by atoms with Crippen molar-refractivity contribution in [2.45, 2.75) is 19.4 Å². The molecule has 152 valence electrons. The third-order valence-corrected chi connectivity index (χ3v) is 4.40. The first-order chi connectivity index (χ1) is 14.4. The average Bonchev–Trinajstić information content (AvgIpc) is 3.35. The van der Waals surface area contributed by atoms with Crippen molar-refractivity contribution in [2.75, 3.05) is 0 Å². The maximum atomic E-state index is 12.3. The van der Waals surface area contributed by atoms with Crippen LogP contribution in [-0.4, -0.2) is 26.2 Å². The lowest BCUT2D eigenvalue weighted by Gasteiger charge is -2.08. The molecule has 0 unspecified atom stereocenters. The van der Waals surface area contributed by atoms with Gasteiger partial charge in [0.05, 0.1) is 17.6 Å². The molecule has 0 aliphatic rings. The van der Waals surface area contributed by atoms with Crippen LogP contribution in [0.25, 0.3) is 22.4 Å². The van der Waals surface area contributed by atoms with Crippen LogP contribution < -0.4 is 0 Å². The standard InChI is InChI=1S/C20H15N3O7/c1-11(19-21-22-20(30-19)12-2-4-14(5-3-12)23(26)27)29-18(25)8-13-10-28-17-9-15(24)6-7-16(13)17/h2-7,9-11,24H,8H2,1H3/t11-/m0/s1. The summed E-state index contributed by atoms with van der Waals surface area (Å²) in [6, 6.07) is 10.3. The zero-order valence-electron chi connectivity index (χ0n) is 15.6. The summed E-state index contributed by atoms with van der Waals surface area (Å²) in [5, 5.41) is 28.7. The molecule has 4 aromatic rings. The third kappa shape index (κ3) is 3.83. The number of furan rings is 1. The van der Waals surface area contributed by atoms with Crippen LogP contribution in [0.3, 0.4) is 0 Å². The van der Waals surface area contributed by atoms with Crippen molar-refractivity contribution >= 4 is 22.6 Å². The highest BCUT2D eigenvalue weighted by atomic mass is 16.6. The maximum Gasteiger partial charge on any atom is 0.311 e. The molecule has 1 atom stereocenters.